The maximum absolute atomic E-state index is 11.8. The first-order chi connectivity index (χ1) is 8.08. The summed E-state index contributed by atoms with van der Waals surface area (Å²) < 4.78 is 0. The largest absolute Gasteiger partial charge is 0.330 e. The molecule has 1 unspecified atom stereocenters. The Bertz CT molecular complexity index is 388. The zero-order valence-corrected chi connectivity index (χ0v) is 10.9. The van der Waals surface area contributed by atoms with E-state index in [9.17, 15) is 4.79 Å². The van der Waals surface area contributed by atoms with Gasteiger partial charge in [0.1, 0.15) is 0 Å². The van der Waals surface area contributed by atoms with E-state index in [0.717, 1.165) is 17.7 Å². The highest BCUT2D eigenvalue weighted by molar-refractivity contribution is 5.92. The SMILES string of the molecule is CCc1cccc(C)c1NC(=O)CC(C)CN. The van der Waals surface area contributed by atoms with Gasteiger partial charge < -0.3 is 11.1 Å². The summed E-state index contributed by atoms with van der Waals surface area (Å²) in [7, 11) is 0. The molecule has 1 rings (SSSR count). The summed E-state index contributed by atoms with van der Waals surface area (Å²) in [5.41, 5.74) is 8.77. The molecule has 3 nitrogen and oxygen atoms in total. The number of aryl methyl sites for hydroxylation is 2. The number of rotatable bonds is 5. The van der Waals surface area contributed by atoms with Gasteiger partial charge in [-0.05, 0) is 36.9 Å². The lowest BCUT2D eigenvalue weighted by molar-refractivity contribution is -0.116. The summed E-state index contributed by atoms with van der Waals surface area (Å²) in [6, 6.07) is 6.09. The molecule has 0 bridgehead atoms. The van der Waals surface area contributed by atoms with Gasteiger partial charge in [0.25, 0.3) is 0 Å². The zero-order valence-electron chi connectivity index (χ0n) is 10.9. The minimum absolute atomic E-state index is 0.0481. The second-order valence-electron chi connectivity index (χ2n) is 4.56. The van der Waals surface area contributed by atoms with E-state index in [-0.39, 0.29) is 11.8 Å². The first-order valence-corrected chi connectivity index (χ1v) is 6.16. The number of carbonyl (C=O) groups is 1. The Morgan fingerprint density at radius 2 is 2.18 bits per heavy atom. The van der Waals surface area contributed by atoms with Gasteiger partial charge in [-0.25, -0.2) is 0 Å². The van der Waals surface area contributed by atoms with Gasteiger partial charge in [-0.2, -0.15) is 0 Å². The van der Waals surface area contributed by atoms with Crippen molar-refractivity contribution in [3.05, 3.63) is 29.3 Å². The maximum Gasteiger partial charge on any atom is 0.224 e. The van der Waals surface area contributed by atoms with Gasteiger partial charge >= 0.3 is 0 Å². The van der Waals surface area contributed by atoms with Crippen molar-refractivity contribution >= 4 is 11.6 Å². The molecule has 0 aromatic heterocycles. The topological polar surface area (TPSA) is 55.1 Å². The molecule has 1 amide bonds. The van der Waals surface area contributed by atoms with Crippen LogP contribution in [-0.4, -0.2) is 12.5 Å². The average molecular weight is 234 g/mol. The van der Waals surface area contributed by atoms with Crippen LogP contribution in [0.15, 0.2) is 18.2 Å². The Hall–Kier alpha value is -1.35. The minimum Gasteiger partial charge on any atom is -0.330 e. The highest BCUT2D eigenvalue weighted by Crippen LogP contribution is 2.21. The van der Waals surface area contributed by atoms with E-state index in [4.69, 9.17) is 5.73 Å². The number of amides is 1. The number of hydrogen-bond donors (Lipinski definition) is 2. The van der Waals surface area contributed by atoms with Crippen molar-refractivity contribution in [3.63, 3.8) is 0 Å². The number of hydrogen-bond acceptors (Lipinski definition) is 2. The quantitative estimate of drug-likeness (QED) is 0.822. The van der Waals surface area contributed by atoms with E-state index >= 15 is 0 Å². The summed E-state index contributed by atoms with van der Waals surface area (Å²) in [6.07, 6.45) is 1.40. The molecule has 0 aliphatic carbocycles. The van der Waals surface area contributed by atoms with E-state index in [1.165, 1.54) is 5.56 Å². The van der Waals surface area contributed by atoms with Gasteiger partial charge in [0.15, 0.2) is 0 Å². The third-order valence-electron chi connectivity index (χ3n) is 2.94. The highest BCUT2D eigenvalue weighted by Gasteiger charge is 2.11. The molecule has 0 radical (unpaired) electrons. The lowest BCUT2D eigenvalue weighted by atomic mass is 10.0. The van der Waals surface area contributed by atoms with Crippen LogP contribution in [0.2, 0.25) is 0 Å². The first kappa shape index (κ1) is 13.7. The standard InChI is InChI=1S/C14H22N2O/c1-4-12-7-5-6-11(3)14(12)16-13(17)8-10(2)9-15/h5-7,10H,4,8-9,15H2,1-3H3,(H,16,17). The molecule has 0 saturated carbocycles. The van der Waals surface area contributed by atoms with Gasteiger partial charge in [0, 0.05) is 12.1 Å². The van der Waals surface area contributed by atoms with E-state index < -0.39 is 0 Å². The van der Waals surface area contributed by atoms with Crippen LogP contribution in [-0.2, 0) is 11.2 Å². The molecule has 0 saturated heterocycles. The zero-order chi connectivity index (χ0) is 12.8. The van der Waals surface area contributed by atoms with Crippen molar-refractivity contribution in [1.82, 2.24) is 0 Å². The van der Waals surface area contributed by atoms with E-state index in [2.05, 4.69) is 18.3 Å². The summed E-state index contributed by atoms with van der Waals surface area (Å²) in [6.45, 7) is 6.63. The molecule has 0 fully saturated rings. The number of nitrogens with one attached hydrogen (secondary N) is 1. The van der Waals surface area contributed by atoms with Gasteiger partial charge in [0.2, 0.25) is 5.91 Å². The Morgan fingerprint density at radius 3 is 2.76 bits per heavy atom. The van der Waals surface area contributed by atoms with E-state index in [1.807, 2.05) is 26.0 Å². The van der Waals surface area contributed by atoms with Crippen molar-refractivity contribution < 1.29 is 4.79 Å². The molecular weight excluding hydrogens is 212 g/mol. The lowest BCUT2D eigenvalue weighted by Crippen LogP contribution is -2.21. The van der Waals surface area contributed by atoms with Gasteiger partial charge in [-0.3, -0.25) is 4.79 Å². The first-order valence-electron chi connectivity index (χ1n) is 6.16. The highest BCUT2D eigenvalue weighted by atomic mass is 16.1. The summed E-state index contributed by atoms with van der Waals surface area (Å²) >= 11 is 0. The van der Waals surface area contributed by atoms with Crippen LogP contribution in [0.5, 0.6) is 0 Å². The smallest absolute Gasteiger partial charge is 0.224 e. The molecule has 17 heavy (non-hydrogen) atoms. The lowest BCUT2D eigenvalue weighted by Gasteiger charge is -2.14. The van der Waals surface area contributed by atoms with Crippen LogP contribution in [0.25, 0.3) is 0 Å². The molecule has 1 aromatic rings. The molecule has 3 N–H and O–H groups in total. The van der Waals surface area contributed by atoms with Crippen LogP contribution in [0.4, 0.5) is 5.69 Å². The van der Waals surface area contributed by atoms with Crippen molar-refractivity contribution in [1.29, 1.82) is 0 Å². The molecule has 3 heteroatoms. The van der Waals surface area contributed by atoms with Crippen LogP contribution in [0.1, 0.15) is 31.4 Å². The van der Waals surface area contributed by atoms with Crippen molar-refractivity contribution in [2.75, 3.05) is 11.9 Å². The predicted octanol–water partition coefficient (Wildman–Crippen LogP) is 2.48. The normalized spacial score (nSPS) is 12.2. The fourth-order valence-electron chi connectivity index (χ4n) is 1.79. The summed E-state index contributed by atoms with van der Waals surface area (Å²) in [5.74, 6) is 0.274. The van der Waals surface area contributed by atoms with Crippen LogP contribution >= 0.6 is 0 Å². The second kappa shape index (κ2) is 6.40. The van der Waals surface area contributed by atoms with Gasteiger partial charge in [-0.1, -0.05) is 32.0 Å². The molecular formula is C14H22N2O. The van der Waals surface area contributed by atoms with Crippen LogP contribution in [0.3, 0.4) is 0 Å². The Balaban J connectivity index is 2.77. The number of benzene rings is 1. The Labute approximate surface area is 103 Å². The van der Waals surface area contributed by atoms with Crippen molar-refractivity contribution in [3.8, 4) is 0 Å². The molecule has 1 atom stereocenters. The van der Waals surface area contributed by atoms with Gasteiger partial charge in [-0.15, -0.1) is 0 Å². The second-order valence-corrected chi connectivity index (χ2v) is 4.56. The van der Waals surface area contributed by atoms with E-state index in [1.54, 1.807) is 0 Å². The monoisotopic (exact) mass is 234 g/mol. The maximum atomic E-state index is 11.8. The molecule has 94 valence electrons. The fraction of sp³-hybridized carbons (Fsp3) is 0.500. The van der Waals surface area contributed by atoms with Crippen molar-refractivity contribution in [2.45, 2.75) is 33.6 Å². The summed E-state index contributed by atoms with van der Waals surface area (Å²) in [4.78, 5) is 11.8. The number of anilines is 1. The molecule has 0 heterocycles. The van der Waals surface area contributed by atoms with Gasteiger partial charge in [0.05, 0.1) is 0 Å². The number of para-hydroxylation sites is 1. The van der Waals surface area contributed by atoms with Crippen molar-refractivity contribution in [2.24, 2.45) is 11.7 Å². The predicted molar refractivity (Wildman–Crippen MR) is 72.0 cm³/mol. The fourth-order valence-corrected chi connectivity index (χ4v) is 1.79. The van der Waals surface area contributed by atoms with E-state index in [0.29, 0.717) is 13.0 Å². The molecule has 0 spiro atoms. The Kier molecular flexibility index (Phi) is 5.16. The molecule has 0 aliphatic heterocycles. The minimum atomic E-state index is 0.0481. The number of nitrogens with two attached hydrogens (primary N) is 1. The average Bonchev–Trinajstić information content (AvgIpc) is 2.31. The number of carbonyl (C=O) groups excluding carboxylic acids is 1. The molecule has 1 aromatic carbocycles. The third-order valence-corrected chi connectivity index (χ3v) is 2.94. The van der Waals surface area contributed by atoms with Crippen LogP contribution < -0.4 is 11.1 Å². The Morgan fingerprint density at radius 1 is 1.47 bits per heavy atom. The molecule has 0 aliphatic rings. The summed E-state index contributed by atoms with van der Waals surface area (Å²) in [5, 5.41) is 3.00. The third kappa shape index (κ3) is 3.86. The van der Waals surface area contributed by atoms with Crippen LogP contribution in [0, 0.1) is 12.8 Å².